The number of nitrogens with two attached hydrogens (primary N) is 1. The molecule has 1 fully saturated rings. The second kappa shape index (κ2) is 5.49. The minimum Gasteiger partial charge on any atom is -0.409 e. The summed E-state index contributed by atoms with van der Waals surface area (Å²) in [5.74, 6) is 0.0293. The number of rotatable bonds is 5. The van der Waals surface area contributed by atoms with Crippen LogP contribution in [0.4, 0.5) is 0 Å². The molecular formula is C9H19N3O3S. The van der Waals surface area contributed by atoms with Crippen LogP contribution in [0.25, 0.3) is 0 Å². The van der Waals surface area contributed by atoms with Crippen LogP contribution < -0.4 is 10.5 Å². The maximum atomic E-state index is 11.9. The molecule has 0 aromatic carbocycles. The zero-order chi connectivity index (χ0) is 12.2. The van der Waals surface area contributed by atoms with Crippen LogP contribution in [-0.4, -0.2) is 30.8 Å². The van der Waals surface area contributed by atoms with Crippen LogP contribution in [-0.2, 0) is 10.0 Å². The van der Waals surface area contributed by atoms with Crippen molar-refractivity contribution in [3.05, 3.63) is 0 Å². The van der Waals surface area contributed by atoms with E-state index in [0.717, 1.165) is 25.7 Å². The molecule has 0 radical (unpaired) electrons. The fourth-order valence-electron chi connectivity index (χ4n) is 1.97. The zero-order valence-corrected chi connectivity index (χ0v) is 10.2. The summed E-state index contributed by atoms with van der Waals surface area (Å²) in [6.07, 6.45) is 3.61. The summed E-state index contributed by atoms with van der Waals surface area (Å²) >= 11 is 0. The van der Waals surface area contributed by atoms with Gasteiger partial charge in [0, 0.05) is 12.5 Å². The first-order valence-electron chi connectivity index (χ1n) is 5.43. The van der Waals surface area contributed by atoms with Gasteiger partial charge in [-0.1, -0.05) is 18.0 Å². The van der Waals surface area contributed by atoms with Gasteiger partial charge in [-0.05, 0) is 19.8 Å². The third kappa shape index (κ3) is 3.64. The normalized spacial score (nSPS) is 21.2. The second-order valence-corrected chi connectivity index (χ2v) is 6.26. The fourth-order valence-corrected chi connectivity index (χ4v) is 3.76. The molecule has 0 aromatic rings. The third-order valence-corrected chi connectivity index (χ3v) is 4.83. The topological polar surface area (TPSA) is 105 Å². The highest BCUT2D eigenvalue weighted by molar-refractivity contribution is 7.90. The molecule has 0 bridgehead atoms. The molecule has 0 heterocycles. The Kier molecular flexibility index (Phi) is 4.55. The SMILES string of the molecule is CC(CC(N)=NO)NS(=O)(=O)C1CCCC1. The number of sulfonamides is 1. The number of amidine groups is 1. The standard InChI is InChI=1S/C9H19N3O3S/c1-7(6-9(10)11-13)12-16(14,15)8-4-2-3-5-8/h7-8,12-13H,2-6H2,1H3,(H2,10,11). The Morgan fingerprint density at radius 2 is 2.12 bits per heavy atom. The fraction of sp³-hybridized carbons (Fsp3) is 0.889. The van der Waals surface area contributed by atoms with Crippen molar-refractivity contribution in [1.82, 2.24) is 4.72 Å². The van der Waals surface area contributed by atoms with Crippen LogP contribution in [0.15, 0.2) is 5.16 Å². The van der Waals surface area contributed by atoms with Crippen LogP contribution in [0.2, 0.25) is 0 Å². The molecule has 94 valence electrons. The van der Waals surface area contributed by atoms with Crippen molar-refractivity contribution in [1.29, 1.82) is 0 Å². The van der Waals surface area contributed by atoms with Gasteiger partial charge in [-0.2, -0.15) is 0 Å². The highest BCUT2D eigenvalue weighted by atomic mass is 32.2. The van der Waals surface area contributed by atoms with Crippen molar-refractivity contribution in [2.45, 2.75) is 50.3 Å². The lowest BCUT2D eigenvalue weighted by atomic mass is 10.2. The highest BCUT2D eigenvalue weighted by Crippen LogP contribution is 2.24. The molecule has 1 atom stereocenters. The van der Waals surface area contributed by atoms with Gasteiger partial charge in [0.15, 0.2) is 0 Å². The van der Waals surface area contributed by atoms with E-state index in [2.05, 4.69) is 9.88 Å². The molecule has 0 spiro atoms. The zero-order valence-electron chi connectivity index (χ0n) is 9.39. The Labute approximate surface area is 95.9 Å². The molecule has 1 unspecified atom stereocenters. The van der Waals surface area contributed by atoms with Crippen molar-refractivity contribution < 1.29 is 13.6 Å². The van der Waals surface area contributed by atoms with Crippen molar-refractivity contribution in [3.63, 3.8) is 0 Å². The monoisotopic (exact) mass is 249 g/mol. The number of hydrogen-bond acceptors (Lipinski definition) is 4. The summed E-state index contributed by atoms with van der Waals surface area (Å²) in [5, 5.41) is 10.9. The molecule has 4 N–H and O–H groups in total. The molecule has 0 saturated heterocycles. The van der Waals surface area contributed by atoms with Crippen LogP contribution in [0.5, 0.6) is 0 Å². The van der Waals surface area contributed by atoms with Gasteiger partial charge < -0.3 is 10.9 Å². The number of hydrogen-bond donors (Lipinski definition) is 3. The first-order valence-corrected chi connectivity index (χ1v) is 6.98. The van der Waals surface area contributed by atoms with Crippen LogP contribution >= 0.6 is 0 Å². The molecule has 1 aliphatic rings. The molecule has 0 aliphatic heterocycles. The summed E-state index contributed by atoms with van der Waals surface area (Å²) < 4.78 is 26.3. The van der Waals surface area contributed by atoms with Gasteiger partial charge in [0.2, 0.25) is 10.0 Å². The predicted molar refractivity (Wildman–Crippen MR) is 61.8 cm³/mol. The molecule has 0 aromatic heterocycles. The molecule has 0 amide bonds. The van der Waals surface area contributed by atoms with Crippen LogP contribution in [0.1, 0.15) is 39.0 Å². The Bertz CT molecular complexity index is 347. The Hall–Kier alpha value is -0.820. The minimum atomic E-state index is -3.26. The molecular weight excluding hydrogens is 230 g/mol. The van der Waals surface area contributed by atoms with E-state index in [-0.39, 0.29) is 23.5 Å². The van der Waals surface area contributed by atoms with Gasteiger partial charge in [-0.15, -0.1) is 0 Å². The third-order valence-electron chi connectivity index (χ3n) is 2.75. The van der Waals surface area contributed by atoms with Gasteiger partial charge >= 0.3 is 0 Å². The smallest absolute Gasteiger partial charge is 0.214 e. The lowest BCUT2D eigenvalue weighted by Gasteiger charge is -2.17. The maximum Gasteiger partial charge on any atom is 0.214 e. The lowest BCUT2D eigenvalue weighted by Crippen LogP contribution is -2.40. The largest absolute Gasteiger partial charge is 0.409 e. The summed E-state index contributed by atoms with van der Waals surface area (Å²) in [4.78, 5) is 0. The van der Waals surface area contributed by atoms with E-state index < -0.39 is 10.0 Å². The maximum absolute atomic E-state index is 11.9. The van der Waals surface area contributed by atoms with E-state index in [4.69, 9.17) is 10.9 Å². The van der Waals surface area contributed by atoms with Gasteiger partial charge in [0.1, 0.15) is 5.84 Å². The Morgan fingerprint density at radius 3 is 2.62 bits per heavy atom. The number of nitrogens with zero attached hydrogens (tertiary/aromatic N) is 1. The highest BCUT2D eigenvalue weighted by Gasteiger charge is 2.29. The number of oxime groups is 1. The van der Waals surface area contributed by atoms with E-state index in [1.165, 1.54) is 0 Å². The van der Waals surface area contributed by atoms with Gasteiger partial charge in [-0.25, -0.2) is 13.1 Å². The number of nitrogens with one attached hydrogen (secondary N) is 1. The Balaban J connectivity index is 2.52. The molecule has 1 saturated carbocycles. The van der Waals surface area contributed by atoms with Crippen LogP contribution in [0, 0.1) is 0 Å². The summed E-state index contributed by atoms with van der Waals surface area (Å²) in [6.45, 7) is 1.70. The second-order valence-electron chi connectivity index (χ2n) is 4.27. The van der Waals surface area contributed by atoms with E-state index in [1.54, 1.807) is 6.92 Å². The van der Waals surface area contributed by atoms with Gasteiger partial charge in [0.05, 0.1) is 5.25 Å². The average molecular weight is 249 g/mol. The minimum absolute atomic E-state index is 0.0293. The van der Waals surface area contributed by atoms with E-state index in [0.29, 0.717) is 0 Å². The first-order chi connectivity index (χ1) is 7.45. The van der Waals surface area contributed by atoms with Gasteiger partial charge in [0.25, 0.3) is 0 Å². The quantitative estimate of drug-likeness (QED) is 0.283. The average Bonchev–Trinajstić information content (AvgIpc) is 2.69. The molecule has 1 aliphatic carbocycles. The summed E-state index contributed by atoms with van der Waals surface area (Å²) in [7, 11) is -3.26. The van der Waals surface area contributed by atoms with Gasteiger partial charge in [-0.3, -0.25) is 0 Å². The molecule has 6 nitrogen and oxygen atoms in total. The Morgan fingerprint density at radius 1 is 1.56 bits per heavy atom. The molecule has 16 heavy (non-hydrogen) atoms. The van der Waals surface area contributed by atoms with Crippen molar-refractivity contribution in [3.8, 4) is 0 Å². The lowest BCUT2D eigenvalue weighted by molar-refractivity contribution is 0.316. The van der Waals surface area contributed by atoms with Crippen molar-refractivity contribution >= 4 is 15.9 Å². The molecule has 1 rings (SSSR count). The summed E-state index contributed by atoms with van der Waals surface area (Å²) in [6, 6.07) is -0.346. The first kappa shape index (κ1) is 13.2. The van der Waals surface area contributed by atoms with Crippen LogP contribution in [0.3, 0.4) is 0 Å². The van der Waals surface area contributed by atoms with Crippen molar-refractivity contribution in [2.24, 2.45) is 10.9 Å². The van der Waals surface area contributed by atoms with E-state index in [1.807, 2.05) is 0 Å². The van der Waals surface area contributed by atoms with E-state index in [9.17, 15) is 8.42 Å². The van der Waals surface area contributed by atoms with E-state index >= 15 is 0 Å². The predicted octanol–water partition coefficient (Wildman–Crippen LogP) is 0.373. The molecule has 7 heteroatoms. The van der Waals surface area contributed by atoms with Crippen molar-refractivity contribution in [2.75, 3.05) is 0 Å². The summed E-state index contributed by atoms with van der Waals surface area (Å²) in [5.41, 5.74) is 5.31.